The van der Waals surface area contributed by atoms with E-state index < -0.39 is 0 Å². The monoisotopic (exact) mass is 790 g/mol. The molecule has 2 fully saturated rings. The van der Waals surface area contributed by atoms with Crippen molar-refractivity contribution in [3.05, 3.63) is 162 Å². The highest BCUT2D eigenvalue weighted by atomic mass is 16.7. The lowest BCUT2D eigenvalue weighted by Gasteiger charge is -2.32. The van der Waals surface area contributed by atoms with Crippen LogP contribution in [0.25, 0.3) is 49.5 Å². The molecule has 7 aromatic rings. The van der Waals surface area contributed by atoms with Gasteiger partial charge in [0.05, 0.1) is 22.4 Å². The first-order chi connectivity index (χ1) is 28.7. The van der Waals surface area contributed by atoms with Crippen molar-refractivity contribution in [2.24, 2.45) is 0 Å². The lowest BCUT2D eigenvalue weighted by Crippen LogP contribution is -2.41. The summed E-state index contributed by atoms with van der Waals surface area (Å²) in [6, 6.07) is 47.8. The molecule has 11 rings (SSSR count). The normalized spacial score (nSPS) is 18.9. The van der Waals surface area contributed by atoms with E-state index in [2.05, 4.69) is 201 Å². The van der Waals surface area contributed by atoms with Gasteiger partial charge in [0.1, 0.15) is 0 Å². The summed E-state index contributed by atoms with van der Waals surface area (Å²) in [4.78, 5) is 0. The second-order valence-corrected chi connectivity index (χ2v) is 18.8. The molecule has 2 heterocycles. The van der Waals surface area contributed by atoms with Gasteiger partial charge < -0.3 is 18.6 Å². The maximum Gasteiger partial charge on any atom is 0.494 e. The molecule has 0 aromatic heterocycles. The number of hydrogen-bond acceptors (Lipinski definition) is 4. The van der Waals surface area contributed by atoms with E-state index in [1.54, 1.807) is 0 Å². The highest BCUT2D eigenvalue weighted by Gasteiger charge is 2.53. The van der Waals surface area contributed by atoms with Crippen molar-refractivity contribution >= 4 is 63.6 Å². The number of rotatable bonds is 2. The third-order valence-electron chi connectivity index (χ3n) is 13.8. The van der Waals surface area contributed by atoms with E-state index >= 15 is 0 Å². The van der Waals surface area contributed by atoms with E-state index in [4.69, 9.17) is 18.6 Å². The van der Waals surface area contributed by atoms with E-state index in [1.165, 1.54) is 78.5 Å². The zero-order valence-corrected chi connectivity index (χ0v) is 36.5. The highest BCUT2D eigenvalue weighted by molar-refractivity contribution is 6.62. The molecule has 0 spiro atoms. The Morgan fingerprint density at radius 2 is 0.800 bits per heavy atom. The number of benzene rings is 7. The Bertz CT molecular complexity index is 2590. The van der Waals surface area contributed by atoms with Crippen molar-refractivity contribution in [3.63, 3.8) is 0 Å². The Hall–Kier alpha value is -4.97. The molecule has 0 bridgehead atoms. The third kappa shape index (κ3) is 7.53. The molecule has 4 nitrogen and oxygen atoms in total. The quantitative estimate of drug-likeness (QED) is 0.129. The molecule has 60 heavy (non-hydrogen) atoms. The maximum atomic E-state index is 6.27. The van der Waals surface area contributed by atoms with Crippen molar-refractivity contribution < 1.29 is 18.6 Å². The standard InChI is InChI=1S/C26H34B2O4.C14H12.C14H10/c1-23(2)24(3,4)30-27(29-23)19-11-13-21-17(15-19)9-10-18-16-20(12-14-22(18)21)28-31-25(5,6)26(7,8)32-28;2*1-3-7-13-11(5-1)9-10-12-6-2-4-8-14(12)13/h11-16H,9-10H2,1-8H3;1,3-5,7-10H,2,6H2;1-10H. The van der Waals surface area contributed by atoms with Crippen molar-refractivity contribution in [2.75, 3.05) is 0 Å². The maximum absolute atomic E-state index is 6.27. The second kappa shape index (κ2) is 15.5. The molecule has 6 heteroatoms. The predicted octanol–water partition coefficient (Wildman–Crippen LogP) is 11.8. The average Bonchev–Trinajstić information content (AvgIpc) is 3.62. The summed E-state index contributed by atoms with van der Waals surface area (Å²) in [5.41, 5.74) is 9.10. The third-order valence-corrected chi connectivity index (χ3v) is 13.8. The first-order valence-electron chi connectivity index (χ1n) is 21.7. The first-order valence-corrected chi connectivity index (χ1v) is 21.7. The van der Waals surface area contributed by atoms with Gasteiger partial charge >= 0.3 is 14.2 Å². The van der Waals surface area contributed by atoms with Gasteiger partial charge in [-0.1, -0.05) is 146 Å². The fourth-order valence-corrected chi connectivity index (χ4v) is 8.84. The van der Waals surface area contributed by atoms with Gasteiger partial charge in [-0.3, -0.25) is 0 Å². The Morgan fingerprint density at radius 1 is 0.400 bits per heavy atom. The smallest absolute Gasteiger partial charge is 0.399 e. The molecule has 2 aliphatic heterocycles. The number of aryl methyl sites for hydroxylation is 3. The van der Waals surface area contributed by atoms with E-state index in [1.807, 2.05) is 0 Å². The van der Waals surface area contributed by atoms with E-state index in [-0.39, 0.29) is 36.6 Å². The van der Waals surface area contributed by atoms with Crippen LogP contribution in [0.5, 0.6) is 0 Å². The zero-order chi connectivity index (χ0) is 41.9. The van der Waals surface area contributed by atoms with Crippen LogP contribution >= 0.6 is 0 Å². The Morgan fingerprint density at radius 3 is 1.27 bits per heavy atom. The molecular formula is C54H56B2O4. The first kappa shape index (κ1) is 40.4. The molecule has 0 atom stereocenters. The largest absolute Gasteiger partial charge is 0.494 e. The van der Waals surface area contributed by atoms with Crippen LogP contribution in [0.15, 0.2) is 140 Å². The van der Waals surface area contributed by atoms with Crippen LogP contribution in [-0.2, 0) is 37.9 Å². The fraction of sp³-hybridized carbons (Fsp3) is 0.296. The van der Waals surface area contributed by atoms with Crippen molar-refractivity contribution in [1.82, 2.24) is 0 Å². The minimum absolute atomic E-state index is 0.322. The summed E-state index contributed by atoms with van der Waals surface area (Å²) in [5.74, 6) is 0. The van der Waals surface area contributed by atoms with Crippen LogP contribution in [0.4, 0.5) is 0 Å². The predicted molar refractivity (Wildman–Crippen MR) is 253 cm³/mol. The van der Waals surface area contributed by atoms with Crippen LogP contribution in [-0.4, -0.2) is 36.6 Å². The molecule has 0 saturated carbocycles. The van der Waals surface area contributed by atoms with E-state index in [0.717, 1.165) is 23.8 Å². The summed E-state index contributed by atoms with van der Waals surface area (Å²) in [6.07, 6.45) is 8.92. The number of hydrogen-bond donors (Lipinski definition) is 0. The summed E-state index contributed by atoms with van der Waals surface area (Å²) in [7, 11) is -0.644. The SMILES string of the molecule is C1=Cc2c(ccc3ccccc23)CC1.CC1(C)OB(c2ccc3c(c2)CCc2cc(B4OC(C)(C)C(C)(C)O4)ccc2-3)OC1(C)C.c1ccc2c(c1)ccc1ccccc12. The molecule has 2 aliphatic carbocycles. The summed E-state index contributed by atoms with van der Waals surface area (Å²) >= 11 is 0. The van der Waals surface area contributed by atoms with Crippen molar-refractivity contribution in [2.45, 2.75) is 103 Å². The topological polar surface area (TPSA) is 36.9 Å². The van der Waals surface area contributed by atoms with Gasteiger partial charge in [-0.25, -0.2) is 0 Å². The van der Waals surface area contributed by atoms with Gasteiger partial charge in [0.15, 0.2) is 0 Å². The lowest BCUT2D eigenvalue weighted by molar-refractivity contribution is 0.00578. The van der Waals surface area contributed by atoms with Crippen LogP contribution in [0.3, 0.4) is 0 Å². The minimum atomic E-state index is -0.329. The zero-order valence-electron chi connectivity index (χ0n) is 36.5. The molecular weight excluding hydrogens is 734 g/mol. The molecule has 302 valence electrons. The molecule has 0 N–H and O–H groups in total. The Balaban J connectivity index is 0.000000135. The summed E-state index contributed by atoms with van der Waals surface area (Å²) < 4.78 is 25.1. The number of fused-ring (bicyclic) bond motifs is 9. The Labute approximate surface area is 357 Å². The molecule has 0 radical (unpaired) electrons. The lowest BCUT2D eigenvalue weighted by atomic mass is 9.73. The van der Waals surface area contributed by atoms with Crippen LogP contribution in [0.1, 0.15) is 84.1 Å². The summed E-state index contributed by atoms with van der Waals surface area (Å²) in [5, 5.41) is 8.03. The van der Waals surface area contributed by atoms with E-state index in [9.17, 15) is 0 Å². The van der Waals surface area contributed by atoms with Crippen molar-refractivity contribution in [1.29, 1.82) is 0 Å². The average molecular weight is 791 g/mol. The van der Waals surface area contributed by atoms with Gasteiger partial charge in [0, 0.05) is 0 Å². The van der Waals surface area contributed by atoms with Crippen LogP contribution < -0.4 is 10.9 Å². The molecule has 7 aromatic carbocycles. The summed E-state index contributed by atoms with van der Waals surface area (Å²) in [6.45, 7) is 16.8. The minimum Gasteiger partial charge on any atom is -0.399 e. The number of allylic oxidation sites excluding steroid dienone is 1. The van der Waals surface area contributed by atoms with Gasteiger partial charge in [-0.15, -0.1) is 0 Å². The van der Waals surface area contributed by atoms with E-state index in [0.29, 0.717) is 0 Å². The fourth-order valence-electron chi connectivity index (χ4n) is 8.84. The van der Waals surface area contributed by atoms with Crippen LogP contribution in [0.2, 0.25) is 0 Å². The molecule has 0 unspecified atom stereocenters. The molecule has 0 amide bonds. The van der Waals surface area contributed by atoms with Gasteiger partial charge in [0.2, 0.25) is 0 Å². The second-order valence-electron chi connectivity index (χ2n) is 18.8. The van der Waals surface area contributed by atoms with Crippen LogP contribution in [0, 0.1) is 0 Å². The molecule has 4 aliphatic rings. The highest BCUT2D eigenvalue weighted by Crippen LogP contribution is 2.39. The van der Waals surface area contributed by atoms with Crippen molar-refractivity contribution in [3.8, 4) is 11.1 Å². The van der Waals surface area contributed by atoms with Gasteiger partial charge in [-0.2, -0.15) is 0 Å². The van der Waals surface area contributed by atoms with Gasteiger partial charge in [-0.05, 0) is 158 Å². The Kier molecular flexibility index (Phi) is 10.4. The van der Waals surface area contributed by atoms with Gasteiger partial charge in [0.25, 0.3) is 0 Å². The molecule has 2 saturated heterocycles.